The summed E-state index contributed by atoms with van der Waals surface area (Å²) in [4.78, 5) is 10.9. The number of hydrogen-bond acceptors (Lipinski definition) is 4. The monoisotopic (exact) mass is 617 g/mol. The van der Waals surface area contributed by atoms with E-state index in [0.717, 1.165) is 70.6 Å². The van der Waals surface area contributed by atoms with E-state index in [1.165, 1.54) is 26.2 Å². The van der Waals surface area contributed by atoms with Crippen LogP contribution in [0.5, 0.6) is 0 Å². The molecule has 0 fully saturated rings. The molecule has 0 saturated carbocycles. The lowest BCUT2D eigenvalue weighted by molar-refractivity contribution is 0.671. The van der Waals surface area contributed by atoms with Crippen molar-refractivity contribution in [3.63, 3.8) is 0 Å². The van der Waals surface area contributed by atoms with Crippen LogP contribution in [0.4, 0.5) is 0 Å². The van der Waals surface area contributed by atoms with Gasteiger partial charge in [0.1, 0.15) is 11.1 Å². The predicted molar refractivity (Wildman–Crippen MR) is 197 cm³/mol. The Balaban J connectivity index is 1.32. The Bertz CT molecular complexity index is 3090. The van der Waals surface area contributed by atoms with E-state index in [4.69, 9.17) is 14.4 Å². The van der Waals surface area contributed by atoms with E-state index >= 15 is 0 Å². The Morgan fingerprint density at radius 3 is 2.11 bits per heavy atom. The van der Waals surface area contributed by atoms with Crippen molar-refractivity contribution in [2.75, 3.05) is 0 Å². The van der Waals surface area contributed by atoms with E-state index in [1.807, 2.05) is 12.1 Å². The van der Waals surface area contributed by atoms with Gasteiger partial charge in [0.2, 0.25) is 5.95 Å². The fourth-order valence-electron chi connectivity index (χ4n) is 7.39. The molecule has 0 aliphatic rings. The molecule has 47 heavy (non-hydrogen) atoms. The maximum atomic E-state index is 6.64. The summed E-state index contributed by atoms with van der Waals surface area (Å²) in [7, 11) is 0. The molecule has 5 heteroatoms. The molecule has 0 unspecified atom stereocenters. The average Bonchev–Trinajstić information content (AvgIpc) is 3.79. The molecule has 0 atom stereocenters. The fourth-order valence-corrected chi connectivity index (χ4v) is 8.57. The second-order valence-corrected chi connectivity index (χ2v) is 13.3. The normalized spacial score (nSPS) is 12.3. The SMILES string of the molecule is c1ccc2cc(-c3nc(-n4c5ccccc5c5ccc6c7ccccc7oc6c54)nc4c3sc3cc5ccccc5cc34)ccc2c1. The molecular formula is C42H23N3OS. The van der Waals surface area contributed by atoms with Crippen LogP contribution in [0, 0.1) is 0 Å². The molecule has 11 aromatic rings. The number of aromatic nitrogens is 3. The third-order valence-electron chi connectivity index (χ3n) is 9.57. The van der Waals surface area contributed by atoms with Gasteiger partial charge in [-0.2, -0.15) is 0 Å². The van der Waals surface area contributed by atoms with Crippen LogP contribution in [0.25, 0.3) is 103 Å². The van der Waals surface area contributed by atoms with Crippen LogP contribution in [0.3, 0.4) is 0 Å². The zero-order chi connectivity index (χ0) is 30.6. The molecule has 4 nitrogen and oxygen atoms in total. The van der Waals surface area contributed by atoms with Crippen molar-refractivity contribution in [3.05, 3.63) is 140 Å². The molecule has 0 radical (unpaired) electrons. The van der Waals surface area contributed by atoms with E-state index in [-0.39, 0.29) is 0 Å². The molecule has 11 rings (SSSR count). The van der Waals surface area contributed by atoms with Crippen molar-refractivity contribution in [1.82, 2.24) is 14.5 Å². The highest BCUT2D eigenvalue weighted by Crippen LogP contribution is 2.43. The summed E-state index contributed by atoms with van der Waals surface area (Å²) < 4.78 is 11.1. The first-order valence-corrected chi connectivity index (χ1v) is 16.6. The zero-order valence-electron chi connectivity index (χ0n) is 24.9. The van der Waals surface area contributed by atoms with Crippen LogP contribution in [-0.4, -0.2) is 14.5 Å². The van der Waals surface area contributed by atoms with Gasteiger partial charge in [0.25, 0.3) is 0 Å². The summed E-state index contributed by atoms with van der Waals surface area (Å²) in [5.74, 6) is 0.632. The highest BCUT2D eigenvalue weighted by Gasteiger charge is 2.23. The lowest BCUT2D eigenvalue weighted by atomic mass is 10.0. The predicted octanol–water partition coefficient (Wildman–Crippen LogP) is 11.8. The van der Waals surface area contributed by atoms with Crippen molar-refractivity contribution in [2.45, 2.75) is 0 Å². The number of furan rings is 1. The van der Waals surface area contributed by atoms with Gasteiger partial charge in [-0.25, -0.2) is 9.97 Å². The van der Waals surface area contributed by atoms with Crippen LogP contribution >= 0.6 is 11.3 Å². The molecular weight excluding hydrogens is 595 g/mol. The molecule has 0 bridgehead atoms. The standard InChI is InChI=1S/C42H23N3OS/c1-2-10-25-21-28(18-17-24(25)9-1)37-41-38(33-22-26-11-3-4-12-27(26)23-36(33)47-41)44-42(43-37)45-34-15-7-5-13-29(34)31-19-20-32-30-14-6-8-16-35(30)46-40(32)39(31)45/h1-23H. The van der Waals surface area contributed by atoms with Crippen molar-refractivity contribution in [1.29, 1.82) is 0 Å². The number of thiophene rings is 1. The molecule has 0 spiro atoms. The fraction of sp³-hybridized carbons (Fsp3) is 0. The van der Waals surface area contributed by atoms with Crippen molar-refractivity contribution in [3.8, 4) is 17.2 Å². The van der Waals surface area contributed by atoms with Gasteiger partial charge in [-0.3, -0.25) is 4.57 Å². The first-order valence-electron chi connectivity index (χ1n) is 15.7. The minimum absolute atomic E-state index is 0.632. The molecule has 0 saturated heterocycles. The smallest absolute Gasteiger partial charge is 0.236 e. The molecule has 0 aliphatic carbocycles. The molecule has 0 N–H and O–H groups in total. The van der Waals surface area contributed by atoms with Crippen LogP contribution in [-0.2, 0) is 0 Å². The molecule has 7 aromatic carbocycles. The van der Waals surface area contributed by atoms with E-state index < -0.39 is 0 Å². The number of nitrogens with zero attached hydrogens (tertiary/aromatic N) is 3. The summed E-state index contributed by atoms with van der Waals surface area (Å²) in [6.45, 7) is 0. The van der Waals surface area contributed by atoms with Gasteiger partial charge in [-0.1, -0.05) is 103 Å². The number of hydrogen-bond donors (Lipinski definition) is 0. The minimum Gasteiger partial charge on any atom is -0.454 e. The van der Waals surface area contributed by atoms with Crippen LogP contribution in [0.15, 0.2) is 144 Å². The summed E-state index contributed by atoms with van der Waals surface area (Å²) in [5.41, 5.74) is 6.71. The molecule has 4 heterocycles. The lowest BCUT2D eigenvalue weighted by Gasteiger charge is -2.11. The minimum atomic E-state index is 0.632. The van der Waals surface area contributed by atoms with Gasteiger partial charge in [-0.05, 0) is 57.9 Å². The van der Waals surface area contributed by atoms with Crippen molar-refractivity contribution < 1.29 is 4.42 Å². The quantitative estimate of drug-likeness (QED) is 0.194. The first-order chi connectivity index (χ1) is 23.3. The molecule has 218 valence electrons. The van der Waals surface area contributed by atoms with E-state index in [0.29, 0.717) is 5.95 Å². The number of rotatable bonds is 2. The Labute approximate surface area is 271 Å². The second-order valence-electron chi connectivity index (χ2n) is 12.2. The van der Waals surface area contributed by atoms with Crippen LogP contribution in [0.2, 0.25) is 0 Å². The third kappa shape index (κ3) is 3.52. The third-order valence-corrected chi connectivity index (χ3v) is 10.7. The average molecular weight is 618 g/mol. The van der Waals surface area contributed by atoms with E-state index in [2.05, 4.69) is 132 Å². The van der Waals surface area contributed by atoms with Crippen molar-refractivity contribution >= 4 is 96.9 Å². The van der Waals surface area contributed by atoms with Gasteiger partial charge in [-0.15, -0.1) is 11.3 Å². The van der Waals surface area contributed by atoms with Crippen LogP contribution in [0.1, 0.15) is 0 Å². The number of para-hydroxylation sites is 2. The lowest BCUT2D eigenvalue weighted by Crippen LogP contribution is -2.03. The van der Waals surface area contributed by atoms with Gasteiger partial charge >= 0.3 is 0 Å². The largest absolute Gasteiger partial charge is 0.454 e. The zero-order valence-corrected chi connectivity index (χ0v) is 25.8. The Kier molecular flexibility index (Phi) is 4.96. The Hall–Kier alpha value is -6.04. The highest BCUT2D eigenvalue weighted by molar-refractivity contribution is 7.26. The highest BCUT2D eigenvalue weighted by atomic mass is 32.1. The van der Waals surface area contributed by atoms with Gasteiger partial charge in [0.05, 0.1) is 21.4 Å². The summed E-state index contributed by atoms with van der Waals surface area (Å²) in [5, 5.41) is 10.4. The maximum Gasteiger partial charge on any atom is 0.236 e. The number of benzene rings is 7. The first kappa shape index (κ1) is 25.2. The molecule has 0 amide bonds. The van der Waals surface area contributed by atoms with E-state index in [1.54, 1.807) is 11.3 Å². The van der Waals surface area contributed by atoms with E-state index in [9.17, 15) is 0 Å². The van der Waals surface area contributed by atoms with Gasteiger partial charge < -0.3 is 4.42 Å². The summed E-state index contributed by atoms with van der Waals surface area (Å²) in [6.07, 6.45) is 0. The van der Waals surface area contributed by atoms with Crippen LogP contribution < -0.4 is 0 Å². The maximum absolute atomic E-state index is 6.64. The summed E-state index contributed by atoms with van der Waals surface area (Å²) >= 11 is 1.77. The van der Waals surface area contributed by atoms with Gasteiger partial charge in [0, 0.05) is 37.2 Å². The summed E-state index contributed by atoms with van der Waals surface area (Å²) in [6, 6.07) is 49.4. The number of fused-ring (bicyclic) bond motifs is 12. The Morgan fingerprint density at radius 2 is 1.23 bits per heavy atom. The van der Waals surface area contributed by atoms with Gasteiger partial charge in [0.15, 0.2) is 5.58 Å². The topological polar surface area (TPSA) is 43.9 Å². The Morgan fingerprint density at radius 1 is 0.532 bits per heavy atom. The molecule has 4 aromatic heterocycles. The second kappa shape index (κ2) is 9.25. The van der Waals surface area contributed by atoms with Crippen molar-refractivity contribution in [2.24, 2.45) is 0 Å². The molecule has 0 aliphatic heterocycles.